The van der Waals surface area contributed by atoms with E-state index >= 15 is 0 Å². The van der Waals surface area contributed by atoms with E-state index in [9.17, 15) is 19.7 Å². The van der Waals surface area contributed by atoms with Gasteiger partial charge in [-0.05, 0) is 30.9 Å². The minimum atomic E-state index is -0.696. The van der Waals surface area contributed by atoms with Crippen LogP contribution in [0.15, 0.2) is 48.5 Å². The Kier molecular flexibility index (Phi) is 8.83. The van der Waals surface area contributed by atoms with Gasteiger partial charge >= 0.3 is 0 Å². The van der Waals surface area contributed by atoms with Crippen molar-refractivity contribution >= 4 is 29.1 Å². The Morgan fingerprint density at radius 1 is 1.09 bits per heavy atom. The Labute approximate surface area is 199 Å². The van der Waals surface area contributed by atoms with Crippen LogP contribution in [0.4, 0.5) is 5.69 Å². The van der Waals surface area contributed by atoms with E-state index in [1.54, 1.807) is 30.3 Å². The van der Waals surface area contributed by atoms with Gasteiger partial charge in [-0.15, -0.1) is 0 Å². The van der Waals surface area contributed by atoms with Crippen molar-refractivity contribution in [3.8, 4) is 0 Å². The summed E-state index contributed by atoms with van der Waals surface area (Å²) >= 11 is 6.36. The second-order valence-electron chi connectivity index (χ2n) is 8.44. The van der Waals surface area contributed by atoms with Crippen LogP contribution in [0.25, 0.3) is 0 Å². The van der Waals surface area contributed by atoms with Crippen LogP contribution in [0.2, 0.25) is 5.02 Å². The van der Waals surface area contributed by atoms with E-state index in [1.807, 2.05) is 19.1 Å². The highest BCUT2D eigenvalue weighted by molar-refractivity contribution is 6.31. The summed E-state index contributed by atoms with van der Waals surface area (Å²) in [4.78, 5) is 39.2. The second kappa shape index (κ2) is 11.8. The molecule has 2 aromatic rings. The predicted octanol–water partition coefficient (Wildman–Crippen LogP) is 5.05. The summed E-state index contributed by atoms with van der Waals surface area (Å²) in [6.07, 6.45) is 5.48. The van der Waals surface area contributed by atoms with E-state index in [0.29, 0.717) is 17.0 Å². The quantitative estimate of drug-likeness (QED) is 0.409. The lowest BCUT2D eigenvalue weighted by Crippen LogP contribution is -2.52. The molecule has 3 rings (SSSR count). The highest BCUT2D eigenvalue weighted by Gasteiger charge is 2.31. The number of carbonyl (C=O) groups is 2. The molecule has 1 aliphatic carbocycles. The average molecular weight is 472 g/mol. The number of nitro benzene ring substituents is 1. The van der Waals surface area contributed by atoms with Crippen LogP contribution in [-0.2, 0) is 22.6 Å². The van der Waals surface area contributed by atoms with Gasteiger partial charge in [0.2, 0.25) is 11.8 Å². The van der Waals surface area contributed by atoms with Gasteiger partial charge in [-0.2, -0.15) is 0 Å². The minimum absolute atomic E-state index is 0.108. The van der Waals surface area contributed by atoms with E-state index < -0.39 is 11.0 Å². The lowest BCUT2D eigenvalue weighted by Gasteiger charge is -2.33. The van der Waals surface area contributed by atoms with Crippen molar-refractivity contribution in [2.75, 3.05) is 0 Å². The van der Waals surface area contributed by atoms with Gasteiger partial charge in [0.05, 0.1) is 11.3 Å². The molecular weight excluding hydrogens is 442 g/mol. The van der Waals surface area contributed by atoms with Crippen molar-refractivity contribution in [3.05, 3.63) is 74.8 Å². The molecule has 176 valence electrons. The number of nitrogens with one attached hydrogen (secondary N) is 1. The van der Waals surface area contributed by atoms with Crippen molar-refractivity contribution in [2.45, 2.75) is 70.5 Å². The van der Waals surface area contributed by atoms with Gasteiger partial charge in [-0.25, -0.2) is 0 Å². The fourth-order valence-electron chi connectivity index (χ4n) is 4.38. The molecule has 1 aliphatic rings. The van der Waals surface area contributed by atoms with Gasteiger partial charge in [-0.3, -0.25) is 19.7 Å². The molecule has 2 aromatic carbocycles. The number of nitrogens with zero attached hydrogens (tertiary/aromatic N) is 2. The van der Waals surface area contributed by atoms with Gasteiger partial charge in [0, 0.05) is 29.2 Å². The van der Waals surface area contributed by atoms with Crippen LogP contribution >= 0.6 is 11.6 Å². The molecular formula is C25H30ClN3O4. The average Bonchev–Trinajstić information content (AvgIpc) is 2.81. The maximum absolute atomic E-state index is 13.5. The van der Waals surface area contributed by atoms with Gasteiger partial charge in [0.15, 0.2) is 0 Å². The Morgan fingerprint density at radius 3 is 2.36 bits per heavy atom. The molecule has 1 fully saturated rings. The molecule has 33 heavy (non-hydrogen) atoms. The maximum Gasteiger partial charge on any atom is 0.273 e. The van der Waals surface area contributed by atoms with Crippen LogP contribution in [0.5, 0.6) is 0 Å². The molecule has 0 aliphatic heterocycles. The number of hydrogen-bond acceptors (Lipinski definition) is 4. The van der Waals surface area contributed by atoms with E-state index in [-0.39, 0.29) is 36.5 Å². The van der Waals surface area contributed by atoms with Crippen LogP contribution in [0, 0.1) is 10.1 Å². The molecule has 1 unspecified atom stereocenters. The van der Waals surface area contributed by atoms with Crippen LogP contribution in [-0.4, -0.2) is 33.7 Å². The van der Waals surface area contributed by atoms with Gasteiger partial charge < -0.3 is 10.2 Å². The summed E-state index contributed by atoms with van der Waals surface area (Å²) in [5.74, 6) is -0.540. The van der Waals surface area contributed by atoms with Crippen LogP contribution in [0.3, 0.4) is 0 Å². The molecule has 1 atom stereocenters. The minimum Gasteiger partial charge on any atom is -0.352 e. The lowest BCUT2D eigenvalue weighted by molar-refractivity contribution is -0.385. The third-order valence-electron chi connectivity index (χ3n) is 6.17. The zero-order valence-electron chi connectivity index (χ0n) is 18.8. The van der Waals surface area contributed by atoms with E-state index in [0.717, 1.165) is 31.2 Å². The number of rotatable bonds is 9. The second-order valence-corrected chi connectivity index (χ2v) is 8.85. The highest BCUT2D eigenvalue weighted by atomic mass is 35.5. The number of carbonyl (C=O) groups excluding carboxylic acids is 2. The number of nitro groups is 1. The molecule has 0 bridgehead atoms. The summed E-state index contributed by atoms with van der Waals surface area (Å²) in [7, 11) is 0. The lowest BCUT2D eigenvalue weighted by atomic mass is 9.95. The molecule has 8 heteroatoms. The fraction of sp³-hybridized carbons (Fsp3) is 0.440. The standard InChI is InChI=1S/C25H30ClN3O4/c1-2-22(25(31)27-20-12-4-3-5-13-20)28(17-19-11-6-8-14-21(19)26)24(30)16-18-10-7-9-15-23(18)29(32)33/h6-11,14-15,20,22H,2-5,12-13,16-17H2,1H3,(H,27,31). The monoisotopic (exact) mass is 471 g/mol. The summed E-state index contributed by atoms with van der Waals surface area (Å²) < 4.78 is 0. The summed E-state index contributed by atoms with van der Waals surface area (Å²) in [5, 5.41) is 15.1. The van der Waals surface area contributed by atoms with Gasteiger partial charge in [0.1, 0.15) is 6.04 Å². The first-order chi connectivity index (χ1) is 15.9. The normalized spacial score (nSPS) is 15.0. The van der Waals surface area contributed by atoms with Crippen LogP contribution < -0.4 is 5.32 Å². The molecule has 0 radical (unpaired) electrons. The molecule has 7 nitrogen and oxygen atoms in total. The third-order valence-corrected chi connectivity index (χ3v) is 6.53. The van der Waals surface area contributed by atoms with Gasteiger partial charge in [0.25, 0.3) is 5.69 Å². The Bertz CT molecular complexity index is 991. The predicted molar refractivity (Wildman–Crippen MR) is 128 cm³/mol. The first-order valence-corrected chi connectivity index (χ1v) is 11.8. The fourth-order valence-corrected chi connectivity index (χ4v) is 4.57. The smallest absolute Gasteiger partial charge is 0.273 e. The Balaban J connectivity index is 1.87. The van der Waals surface area contributed by atoms with Crippen molar-refractivity contribution in [3.63, 3.8) is 0 Å². The van der Waals surface area contributed by atoms with E-state index in [2.05, 4.69) is 5.32 Å². The molecule has 2 amide bonds. The Hall–Kier alpha value is -2.93. The third kappa shape index (κ3) is 6.54. The highest BCUT2D eigenvalue weighted by Crippen LogP contribution is 2.24. The molecule has 0 spiro atoms. The first kappa shape index (κ1) is 24.7. The molecule has 0 aromatic heterocycles. The molecule has 0 heterocycles. The number of para-hydroxylation sites is 1. The number of hydrogen-bond donors (Lipinski definition) is 1. The summed E-state index contributed by atoms with van der Waals surface area (Å²) in [6, 6.07) is 12.8. The van der Waals surface area contributed by atoms with Crippen LogP contribution in [0.1, 0.15) is 56.6 Å². The first-order valence-electron chi connectivity index (χ1n) is 11.5. The SMILES string of the molecule is CCC(C(=O)NC1CCCCC1)N(Cc1ccccc1Cl)C(=O)Cc1ccccc1[N+](=O)[O-]. The number of halogens is 1. The van der Waals surface area contributed by atoms with Crippen molar-refractivity contribution in [2.24, 2.45) is 0 Å². The number of benzene rings is 2. The summed E-state index contributed by atoms with van der Waals surface area (Å²) in [6.45, 7) is 2.01. The van der Waals surface area contributed by atoms with Crippen molar-refractivity contribution in [1.29, 1.82) is 0 Å². The van der Waals surface area contributed by atoms with Crippen molar-refractivity contribution < 1.29 is 14.5 Å². The summed E-state index contributed by atoms with van der Waals surface area (Å²) in [5.41, 5.74) is 0.932. The van der Waals surface area contributed by atoms with E-state index in [1.165, 1.54) is 17.4 Å². The Morgan fingerprint density at radius 2 is 1.73 bits per heavy atom. The van der Waals surface area contributed by atoms with Crippen molar-refractivity contribution in [1.82, 2.24) is 10.2 Å². The maximum atomic E-state index is 13.5. The van der Waals surface area contributed by atoms with E-state index in [4.69, 9.17) is 11.6 Å². The topological polar surface area (TPSA) is 92.6 Å². The molecule has 0 saturated heterocycles. The number of amides is 2. The molecule has 1 saturated carbocycles. The largest absolute Gasteiger partial charge is 0.352 e. The van der Waals surface area contributed by atoms with Gasteiger partial charge in [-0.1, -0.05) is 74.2 Å². The molecule has 1 N–H and O–H groups in total. The zero-order valence-corrected chi connectivity index (χ0v) is 19.6. The zero-order chi connectivity index (χ0) is 23.8.